The summed E-state index contributed by atoms with van der Waals surface area (Å²) in [4.78, 5) is 14.4. The van der Waals surface area contributed by atoms with E-state index in [1.54, 1.807) is 0 Å². The van der Waals surface area contributed by atoms with Crippen molar-refractivity contribution in [2.24, 2.45) is 0 Å². The molecule has 0 radical (unpaired) electrons. The normalized spacial score (nSPS) is 16.7. The molecule has 1 aliphatic rings. The number of carbonyl (C=O) groups is 1. The Morgan fingerprint density at radius 1 is 1.24 bits per heavy atom. The van der Waals surface area contributed by atoms with Crippen LogP contribution in [0, 0.1) is 17.1 Å². The summed E-state index contributed by atoms with van der Waals surface area (Å²) in [5.41, 5.74) is 2.00. The molecule has 0 spiro atoms. The Balaban J connectivity index is 1.54. The Labute approximate surface area is 146 Å². The van der Waals surface area contributed by atoms with Crippen molar-refractivity contribution in [1.82, 2.24) is 4.90 Å². The first kappa shape index (κ1) is 17.0. The van der Waals surface area contributed by atoms with Gasteiger partial charge in [-0.3, -0.25) is 4.79 Å². The molecule has 1 heterocycles. The van der Waals surface area contributed by atoms with Crippen molar-refractivity contribution < 1.29 is 9.18 Å². The predicted octanol–water partition coefficient (Wildman–Crippen LogP) is 3.34. The number of benzene rings is 2. The molecule has 1 fully saturated rings. The number of nitrogens with one attached hydrogen (secondary N) is 1. The van der Waals surface area contributed by atoms with Gasteiger partial charge in [0.15, 0.2) is 0 Å². The standard InChI is InChI=1S/C20H20FN3O/c21-17-8-9-18(16(13-17)14-22)23-19-10-12-24(20(19)25)11-4-7-15-5-2-1-3-6-15/h1-3,5-6,8-9,13,19,23H,4,7,10-12H2. The van der Waals surface area contributed by atoms with E-state index in [1.807, 2.05) is 29.2 Å². The van der Waals surface area contributed by atoms with Crippen LogP contribution in [0.2, 0.25) is 0 Å². The van der Waals surface area contributed by atoms with Crippen LogP contribution < -0.4 is 5.32 Å². The zero-order valence-corrected chi connectivity index (χ0v) is 13.9. The van der Waals surface area contributed by atoms with Crippen molar-refractivity contribution in [3.63, 3.8) is 0 Å². The average molecular weight is 337 g/mol. The summed E-state index contributed by atoms with van der Waals surface area (Å²) in [6.45, 7) is 1.43. The molecule has 25 heavy (non-hydrogen) atoms. The van der Waals surface area contributed by atoms with Crippen molar-refractivity contribution in [3.8, 4) is 6.07 Å². The average Bonchev–Trinajstić information content (AvgIpc) is 2.97. The summed E-state index contributed by atoms with van der Waals surface area (Å²) in [5.74, 6) is -0.413. The van der Waals surface area contributed by atoms with E-state index in [-0.39, 0.29) is 17.5 Å². The summed E-state index contributed by atoms with van der Waals surface area (Å²) in [6, 6.07) is 15.8. The molecular formula is C20H20FN3O. The van der Waals surface area contributed by atoms with Crippen molar-refractivity contribution in [1.29, 1.82) is 5.26 Å². The molecular weight excluding hydrogens is 317 g/mol. The number of anilines is 1. The molecule has 2 aromatic carbocycles. The molecule has 1 saturated heterocycles. The molecule has 2 aromatic rings. The van der Waals surface area contributed by atoms with Gasteiger partial charge in [-0.05, 0) is 43.0 Å². The maximum atomic E-state index is 13.2. The van der Waals surface area contributed by atoms with E-state index < -0.39 is 5.82 Å². The highest BCUT2D eigenvalue weighted by atomic mass is 19.1. The minimum Gasteiger partial charge on any atom is -0.373 e. The molecule has 128 valence electrons. The molecule has 3 rings (SSSR count). The lowest BCUT2D eigenvalue weighted by Gasteiger charge is -2.18. The van der Waals surface area contributed by atoms with Gasteiger partial charge < -0.3 is 10.2 Å². The third kappa shape index (κ3) is 4.16. The fraction of sp³-hybridized carbons (Fsp3) is 0.300. The van der Waals surface area contributed by atoms with Crippen LogP contribution >= 0.6 is 0 Å². The molecule has 4 nitrogen and oxygen atoms in total. The topological polar surface area (TPSA) is 56.1 Å². The summed E-state index contributed by atoms with van der Waals surface area (Å²) >= 11 is 0. The van der Waals surface area contributed by atoms with E-state index in [0.717, 1.165) is 19.4 Å². The molecule has 0 aromatic heterocycles. The van der Waals surface area contributed by atoms with Gasteiger partial charge in [-0.15, -0.1) is 0 Å². The highest BCUT2D eigenvalue weighted by molar-refractivity contribution is 5.87. The Kier molecular flexibility index (Phi) is 5.30. The molecule has 1 N–H and O–H groups in total. The van der Waals surface area contributed by atoms with Gasteiger partial charge in [-0.25, -0.2) is 4.39 Å². The van der Waals surface area contributed by atoms with Gasteiger partial charge in [-0.1, -0.05) is 30.3 Å². The number of halogens is 1. The highest BCUT2D eigenvalue weighted by Gasteiger charge is 2.31. The van der Waals surface area contributed by atoms with Crippen molar-refractivity contribution >= 4 is 11.6 Å². The first-order valence-corrected chi connectivity index (χ1v) is 8.46. The van der Waals surface area contributed by atoms with Crippen LogP contribution in [0.5, 0.6) is 0 Å². The lowest BCUT2D eigenvalue weighted by atomic mass is 10.1. The third-order valence-electron chi connectivity index (χ3n) is 4.47. The summed E-state index contributed by atoms with van der Waals surface area (Å²) in [6.07, 6.45) is 2.55. The Morgan fingerprint density at radius 3 is 2.80 bits per heavy atom. The Morgan fingerprint density at radius 2 is 2.04 bits per heavy atom. The second kappa shape index (κ2) is 7.80. The zero-order valence-electron chi connectivity index (χ0n) is 13.9. The fourth-order valence-electron chi connectivity index (χ4n) is 3.14. The number of hydrogen-bond acceptors (Lipinski definition) is 3. The molecule has 0 aliphatic carbocycles. The lowest BCUT2D eigenvalue weighted by Crippen LogP contribution is -2.34. The first-order chi connectivity index (χ1) is 12.2. The smallest absolute Gasteiger partial charge is 0.245 e. The van der Waals surface area contributed by atoms with Crippen molar-refractivity contribution in [2.45, 2.75) is 25.3 Å². The van der Waals surface area contributed by atoms with Crippen molar-refractivity contribution in [3.05, 3.63) is 65.5 Å². The monoisotopic (exact) mass is 337 g/mol. The molecule has 1 aliphatic heterocycles. The van der Waals surface area contributed by atoms with E-state index in [0.29, 0.717) is 18.7 Å². The second-order valence-electron chi connectivity index (χ2n) is 6.20. The quantitative estimate of drug-likeness (QED) is 0.879. The van der Waals surface area contributed by atoms with Gasteiger partial charge in [0.1, 0.15) is 17.9 Å². The molecule has 0 bridgehead atoms. The third-order valence-corrected chi connectivity index (χ3v) is 4.47. The molecule has 0 saturated carbocycles. The Hall–Kier alpha value is -2.87. The number of nitrogens with zero attached hydrogens (tertiary/aromatic N) is 2. The maximum Gasteiger partial charge on any atom is 0.245 e. The van der Waals surface area contributed by atoms with Crippen LogP contribution in [0.1, 0.15) is 24.0 Å². The van der Waals surface area contributed by atoms with Crippen LogP contribution in [0.15, 0.2) is 48.5 Å². The highest BCUT2D eigenvalue weighted by Crippen LogP contribution is 2.21. The molecule has 1 atom stereocenters. The first-order valence-electron chi connectivity index (χ1n) is 8.46. The SMILES string of the molecule is N#Cc1cc(F)ccc1NC1CCN(CCCc2ccccc2)C1=O. The van der Waals surface area contributed by atoms with E-state index in [1.165, 1.54) is 23.8 Å². The van der Waals surface area contributed by atoms with Gasteiger partial charge in [0.05, 0.1) is 11.3 Å². The van der Waals surface area contributed by atoms with E-state index in [9.17, 15) is 9.18 Å². The van der Waals surface area contributed by atoms with Gasteiger partial charge >= 0.3 is 0 Å². The van der Waals surface area contributed by atoms with E-state index in [2.05, 4.69) is 17.4 Å². The van der Waals surface area contributed by atoms with Crippen LogP contribution in [-0.2, 0) is 11.2 Å². The maximum absolute atomic E-state index is 13.2. The van der Waals surface area contributed by atoms with Gasteiger partial charge in [-0.2, -0.15) is 5.26 Å². The molecule has 1 amide bonds. The van der Waals surface area contributed by atoms with Crippen molar-refractivity contribution in [2.75, 3.05) is 18.4 Å². The minimum atomic E-state index is -0.456. The number of rotatable bonds is 6. The summed E-state index contributed by atoms with van der Waals surface area (Å²) in [7, 11) is 0. The molecule has 1 unspecified atom stereocenters. The number of carbonyl (C=O) groups excluding carboxylic acids is 1. The number of nitriles is 1. The fourth-order valence-corrected chi connectivity index (χ4v) is 3.14. The summed E-state index contributed by atoms with van der Waals surface area (Å²) in [5, 5.41) is 12.2. The Bertz CT molecular complexity index is 785. The van der Waals surface area contributed by atoms with Crippen LogP contribution in [0.3, 0.4) is 0 Å². The molecule has 5 heteroatoms. The van der Waals surface area contributed by atoms with E-state index >= 15 is 0 Å². The number of amides is 1. The van der Waals surface area contributed by atoms with Gasteiger partial charge in [0.25, 0.3) is 0 Å². The van der Waals surface area contributed by atoms with Gasteiger partial charge in [0.2, 0.25) is 5.91 Å². The lowest BCUT2D eigenvalue weighted by molar-refractivity contribution is -0.128. The van der Waals surface area contributed by atoms with E-state index in [4.69, 9.17) is 5.26 Å². The predicted molar refractivity (Wildman–Crippen MR) is 94.5 cm³/mol. The minimum absolute atomic E-state index is 0.0428. The van der Waals surface area contributed by atoms with Crippen LogP contribution in [-0.4, -0.2) is 29.9 Å². The zero-order chi connectivity index (χ0) is 17.6. The van der Waals surface area contributed by atoms with Gasteiger partial charge in [0, 0.05) is 13.1 Å². The largest absolute Gasteiger partial charge is 0.373 e. The second-order valence-corrected chi connectivity index (χ2v) is 6.20. The summed E-state index contributed by atoms with van der Waals surface area (Å²) < 4.78 is 13.2. The number of aryl methyl sites for hydroxylation is 1. The number of hydrogen-bond donors (Lipinski definition) is 1. The van der Waals surface area contributed by atoms with Crippen LogP contribution in [0.25, 0.3) is 0 Å². The van der Waals surface area contributed by atoms with Crippen LogP contribution in [0.4, 0.5) is 10.1 Å². The number of likely N-dealkylation sites (tertiary alicyclic amines) is 1.